The van der Waals surface area contributed by atoms with E-state index in [0.29, 0.717) is 10.4 Å². The molecule has 1 unspecified atom stereocenters. The normalized spacial score (nSPS) is 11.2. The van der Waals surface area contributed by atoms with E-state index in [-0.39, 0.29) is 22.0 Å². The smallest absolute Gasteiger partial charge is 0.341 e. The number of amides is 3. The molecule has 0 aliphatic carbocycles. The standard InChI is InChI=1S/C20H23N3O7S2/c1-5-29-20(28)14-10(2)15(17(26)21-4)32-18(14)23-13(24)9-30-19(27)11(3)22-16(25)12-7-6-8-31-12/h6-8,11H,5,9H2,1-4H3,(H,21,26)(H,22,25)(H,23,24). The van der Waals surface area contributed by atoms with Crippen LogP contribution in [-0.2, 0) is 19.1 Å². The molecule has 3 amide bonds. The number of ether oxygens (including phenoxy) is 2. The van der Waals surface area contributed by atoms with E-state index in [0.717, 1.165) is 11.3 Å². The molecular weight excluding hydrogens is 458 g/mol. The van der Waals surface area contributed by atoms with Gasteiger partial charge >= 0.3 is 11.9 Å². The van der Waals surface area contributed by atoms with Crippen LogP contribution in [0.5, 0.6) is 0 Å². The molecule has 3 N–H and O–H groups in total. The van der Waals surface area contributed by atoms with Crippen LogP contribution >= 0.6 is 22.7 Å². The number of carbonyl (C=O) groups is 5. The maximum absolute atomic E-state index is 12.3. The summed E-state index contributed by atoms with van der Waals surface area (Å²) in [5.41, 5.74) is 0.428. The topological polar surface area (TPSA) is 140 Å². The molecule has 10 nitrogen and oxygen atoms in total. The zero-order valence-corrected chi connectivity index (χ0v) is 19.5. The molecule has 2 aromatic rings. The van der Waals surface area contributed by atoms with Crippen molar-refractivity contribution in [1.29, 1.82) is 0 Å². The lowest BCUT2D eigenvalue weighted by Crippen LogP contribution is -2.40. The minimum Gasteiger partial charge on any atom is -0.462 e. The number of hydrogen-bond acceptors (Lipinski definition) is 9. The van der Waals surface area contributed by atoms with Gasteiger partial charge in [0.2, 0.25) is 0 Å². The van der Waals surface area contributed by atoms with Gasteiger partial charge in [-0.3, -0.25) is 14.4 Å². The van der Waals surface area contributed by atoms with Crippen LogP contribution in [-0.4, -0.2) is 56.0 Å². The summed E-state index contributed by atoms with van der Waals surface area (Å²) in [4.78, 5) is 61.5. The van der Waals surface area contributed by atoms with Crippen LogP contribution in [0.2, 0.25) is 0 Å². The van der Waals surface area contributed by atoms with Crippen molar-refractivity contribution in [1.82, 2.24) is 10.6 Å². The van der Waals surface area contributed by atoms with Gasteiger partial charge < -0.3 is 25.4 Å². The highest BCUT2D eigenvalue weighted by Crippen LogP contribution is 2.33. The average molecular weight is 482 g/mol. The Kier molecular flexibility index (Phi) is 8.91. The zero-order valence-electron chi connectivity index (χ0n) is 17.9. The Morgan fingerprint density at radius 1 is 1.12 bits per heavy atom. The van der Waals surface area contributed by atoms with Gasteiger partial charge in [-0.25, -0.2) is 9.59 Å². The number of esters is 2. The Morgan fingerprint density at radius 2 is 1.84 bits per heavy atom. The van der Waals surface area contributed by atoms with Gasteiger partial charge in [-0.15, -0.1) is 22.7 Å². The molecule has 32 heavy (non-hydrogen) atoms. The third-order valence-electron chi connectivity index (χ3n) is 4.10. The van der Waals surface area contributed by atoms with Crippen LogP contribution in [0.1, 0.15) is 49.1 Å². The average Bonchev–Trinajstić information content (AvgIpc) is 3.40. The minimum absolute atomic E-state index is 0.0618. The molecule has 12 heteroatoms. The van der Waals surface area contributed by atoms with Crippen molar-refractivity contribution in [3.8, 4) is 0 Å². The van der Waals surface area contributed by atoms with E-state index in [1.54, 1.807) is 31.4 Å². The van der Waals surface area contributed by atoms with Gasteiger partial charge in [0.15, 0.2) is 6.61 Å². The van der Waals surface area contributed by atoms with Gasteiger partial charge in [0.1, 0.15) is 11.0 Å². The summed E-state index contributed by atoms with van der Waals surface area (Å²) in [5.74, 6) is -3.05. The molecule has 0 saturated carbocycles. The number of hydrogen-bond donors (Lipinski definition) is 3. The number of thiophene rings is 2. The summed E-state index contributed by atoms with van der Waals surface area (Å²) in [6.07, 6.45) is 0. The lowest BCUT2D eigenvalue weighted by molar-refractivity contribution is -0.148. The van der Waals surface area contributed by atoms with Crippen molar-refractivity contribution < 1.29 is 33.4 Å². The first-order valence-electron chi connectivity index (χ1n) is 9.52. The van der Waals surface area contributed by atoms with Crippen molar-refractivity contribution in [2.75, 3.05) is 25.6 Å². The highest BCUT2D eigenvalue weighted by atomic mass is 32.1. The minimum atomic E-state index is -0.976. The van der Waals surface area contributed by atoms with E-state index in [9.17, 15) is 24.0 Å². The molecule has 2 heterocycles. The van der Waals surface area contributed by atoms with Crippen LogP contribution < -0.4 is 16.0 Å². The summed E-state index contributed by atoms with van der Waals surface area (Å²) in [7, 11) is 1.45. The van der Waals surface area contributed by atoms with Crippen LogP contribution in [0.25, 0.3) is 0 Å². The number of anilines is 1. The van der Waals surface area contributed by atoms with E-state index in [1.165, 1.54) is 25.3 Å². The second-order valence-electron chi connectivity index (χ2n) is 6.39. The van der Waals surface area contributed by atoms with Gasteiger partial charge in [-0.2, -0.15) is 0 Å². The third kappa shape index (κ3) is 6.14. The molecule has 0 aromatic carbocycles. The number of carbonyl (C=O) groups excluding carboxylic acids is 5. The molecule has 2 aromatic heterocycles. The van der Waals surface area contributed by atoms with E-state index in [2.05, 4.69) is 16.0 Å². The maximum atomic E-state index is 12.3. The molecule has 0 aliphatic heterocycles. The number of nitrogens with one attached hydrogen (secondary N) is 3. The van der Waals surface area contributed by atoms with E-state index < -0.39 is 42.3 Å². The fraction of sp³-hybridized carbons (Fsp3) is 0.350. The summed E-state index contributed by atoms with van der Waals surface area (Å²) >= 11 is 2.13. The Morgan fingerprint density at radius 3 is 2.44 bits per heavy atom. The Balaban J connectivity index is 2.02. The zero-order chi connectivity index (χ0) is 23.8. The van der Waals surface area contributed by atoms with Gasteiger partial charge in [-0.1, -0.05) is 6.07 Å². The SMILES string of the molecule is CCOC(=O)c1c(NC(=O)COC(=O)C(C)NC(=O)c2cccs2)sc(C(=O)NC)c1C. The van der Waals surface area contributed by atoms with E-state index >= 15 is 0 Å². The Bertz CT molecular complexity index is 1010. The molecule has 2 rings (SSSR count). The summed E-state index contributed by atoms with van der Waals surface area (Å²) in [5, 5.41) is 9.28. The highest BCUT2D eigenvalue weighted by Gasteiger charge is 2.27. The molecule has 0 saturated heterocycles. The van der Waals surface area contributed by atoms with Gasteiger partial charge in [-0.05, 0) is 37.8 Å². The maximum Gasteiger partial charge on any atom is 0.341 e. The molecule has 0 aliphatic rings. The van der Waals surface area contributed by atoms with E-state index in [4.69, 9.17) is 9.47 Å². The molecular formula is C20H23N3O7S2. The second-order valence-corrected chi connectivity index (χ2v) is 8.36. The van der Waals surface area contributed by atoms with Crippen LogP contribution in [0, 0.1) is 6.92 Å². The van der Waals surface area contributed by atoms with Crippen LogP contribution in [0.3, 0.4) is 0 Å². The van der Waals surface area contributed by atoms with Crippen LogP contribution in [0.4, 0.5) is 5.00 Å². The molecule has 0 fully saturated rings. The van der Waals surface area contributed by atoms with E-state index in [1.807, 2.05) is 0 Å². The largest absolute Gasteiger partial charge is 0.462 e. The molecule has 1 atom stereocenters. The second kappa shape index (κ2) is 11.4. The fourth-order valence-corrected chi connectivity index (χ4v) is 4.32. The Labute approximate surface area is 192 Å². The van der Waals surface area contributed by atoms with Crippen LogP contribution in [0.15, 0.2) is 17.5 Å². The Hall–Kier alpha value is -3.25. The molecule has 0 radical (unpaired) electrons. The van der Waals surface area contributed by atoms with Crippen molar-refractivity contribution in [2.45, 2.75) is 26.8 Å². The quantitative estimate of drug-likeness (QED) is 0.465. The summed E-state index contributed by atoms with van der Waals surface area (Å²) in [6, 6.07) is 2.35. The summed E-state index contributed by atoms with van der Waals surface area (Å²) in [6.45, 7) is 4.11. The van der Waals surface area contributed by atoms with Gasteiger partial charge in [0.05, 0.1) is 21.9 Å². The lowest BCUT2D eigenvalue weighted by atomic mass is 10.1. The fourth-order valence-electron chi connectivity index (χ4n) is 2.54. The van der Waals surface area contributed by atoms with Crippen molar-refractivity contribution in [2.24, 2.45) is 0 Å². The monoisotopic (exact) mass is 481 g/mol. The highest BCUT2D eigenvalue weighted by molar-refractivity contribution is 7.18. The third-order valence-corrected chi connectivity index (χ3v) is 6.18. The summed E-state index contributed by atoms with van der Waals surface area (Å²) < 4.78 is 9.97. The van der Waals surface area contributed by atoms with Crippen molar-refractivity contribution >= 4 is 57.3 Å². The van der Waals surface area contributed by atoms with Crippen molar-refractivity contribution in [3.05, 3.63) is 38.4 Å². The van der Waals surface area contributed by atoms with Gasteiger partial charge in [0, 0.05) is 7.05 Å². The van der Waals surface area contributed by atoms with Crippen molar-refractivity contribution in [3.63, 3.8) is 0 Å². The number of rotatable bonds is 9. The molecule has 172 valence electrons. The molecule has 0 bridgehead atoms. The first-order chi connectivity index (χ1) is 15.2. The molecule has 0 spiro atoms. The first kappa shape index (κ1) is 25.0. The van der Waals surface area contributed by atoms with Gasteiger partial charge in [0.25, 0.3) is 17.7 Å². The lowest BCUT2D eigenvalue weighted by Gasteiger charge is -2.13. The first-order valence-corrected chi connectivity index (χ1v) is 11.2. The predicted octanol–water partition coefficient (Wildman–Crippen LogP) is 1.95. The predicted molar refractivity (Wildman–Crippen MR) is 119 cm³/mol.